The van der Waals surface area contributed by atoms with Crippen molar-refractivity contribution >= 4 is 18.4 Å². The molecule has 1 fully saturated rings. The van der Waals surface area contributed by atoms with E-state index in [9.17, 15) is 4.79 Å². The molecule has 4 heteroatoms. The lowest BCUT2D eigenvalue weighted by Crippen LogP contribution is -2.45. The van der Waals surface area contributed by atoms with Crippen LogP contribution in [0, 0.1) is 0 Å². The molecule has 1 rings (SSSR count). The number of ether oxygens (including phenoxy) is 1. The van der Waals surface area contributed by atoms with Crippen molar-refractivity contribution in [1.82, 2.24) is 0 Å². The highest BCUT2D eigenvalue weighted by Gasteiger charge is 2.29. The number of hydrogen-bond donors (Lipinski definition) is 1. The van der Waals surface area contributed by atoms with Crippen LogP contribution in [0.15, 0.2) is 0 Å². The lowest BCUT2D eigenvalue weighted by atomic mass is 9.96. The first-order valence-electron chi connectivity index (χ1n) is 4.00. The lowest BCUT2D eigenvalue weighted by molar-refractivity contribution is -0.158. The fraction of sp³-hybridized carbons (Fsp3) is 0.875. The quantitative estimate of drug-likeness (QED) is 0.672. The number of halogens is 1. The van der Waals surface area contributed by atoms with Gasteiger partial charge in [0.25, 0.3) is 0 Å². The van der Waals surface area contributed by atoms with Gasteiger partial charge in [-0.2, -0.15) is 0 Å². The number of esters is 1. The van der Waals surface area contributed by atoms with Gasteiger partial charge in [0, 0.05) is 0 Å². The van der Waals surface area contributed by atoms with Gasteiger partial charge in [-0.15, -0.1) is 12.4 Å². The van der Waals surface area contributed by atoms with Crippen molar-refractivity contribution in [3.63, 3.8) is 0 Å². The van der Waals surface area contributed by atoms with Gasteiger partial charge >= 0.3 is 5.97 Å². The molecule has 0 saturated heterocycles. The van der Waals surface area contributed by atoms with Crippen LogP contribution in [0.1, 0.15) is 33.1 Å². The van der Waals surface area contributed by atoms with Gasteiger partial charge in [0.15, 0.2) is 0 Å². The van der Waals surface area contributed by atoms with Crippen LogP contribution in [-0.4, -0.2) is 17.6 Å². The summed E-state index contributed by atoms with van der Waals surface area (Å²) >= 11 is 0. The molecule has 0 heterocycles. The number of nitrogens with two attached hydrogens (primary N) is 1. The van der Waals surface area contributed by atoms with Gasteiger partial charge in [0.2, 0.25) is 0 Å². The van der Waals surface area contributed by atoms with E-state index in [2.05, 4.69) is 0 Å². The van der Waals surface area contributed by atoms with Gasteiger partial charge in [0.05, 0.1) is 0 Å². The zero-order valence-electron chi connectivity index (χ0n) is 7.50. The number of carbonyl (C=O) groups excluding carboxylic acids is 1. The molecule has 2 N–H and O–H groups in total. The molecule has 1 saturated carbocycles. The summed E-state index contributed by atoms with van der Waals surface area (Å²) in [6.07, 6.45) is 3.32. The smallest absolute Gasteiger partial charge is 0.325 e. The highest BCUT2D eigenvalue weighted by molar-refractivity contribution is 5.85. The fourth-order valence-corrected chi connectivity index (χ4v) is 0.792. The predicted molar refractivity (Wildman–Crippen MR) is 49.2 cm³/mol. The number of hydrogen-bond acceptors (Lipinski definition) is 3. The van der Waals surface area contributed by atoms with E-state index in [1.54, 1.807) is 13.8 Å². The van der Waals surface area contributed by atoms with Crippen molar-refractivity contribution in [3.05, 3.63) is 0 Å². The van der Waals surface area contributed by atoms with E-state index in [-0.39, 0.29) is 24.5 Å². The molecule has 0 aliphatic heterocycles. The molecular formula is C8H16ClNO2. The van der Waals surface area contributed by atoms with Crippen LogP contribution in [-0.2, 0) is 9.53 Å². The Morgan fingerprint density at radius 1 is 1.50 bits per heavy atom. The molecule has 0 aromatic rings. The first-order valence-corrected chi connectivity index (χ1v) is 4.00. The molecule has 0 amide bonds. The van der Waals surface area contributed by atoms with E-state index >= 15 is 0 Å². The van der Waals surface area contributed by atoms with E-state index in [1.165, 1.54) is 6.42 Å². The largest absolute Gasteiger partial charge is 0.461 e. The second-order valence-corrected chi connectivity index (χ2v) is 3.68. The SMILES string of the molecule is CC(C)(N)C(=O)OC1CCC1.Cl. The Hall–Kier alpha value is -0.280. The molecule has 3 nitrogen and oxygen atoms in total. The van der Waals surface area contributed by atoms with Crippen molar-refractivity contribution in [2.75, 3.05) is 0 Å². The van der Waals surface area contributed by atoms with Crippen LogP contribution in [0.3, 0.4) is 0 Å². The van der Waals surface area contributed by atoms with Gasteiger partial charge in [-0.1, -0.05) is 0 Å². The Morgan fingerprint density at radius 2 is 2.00 bits per heavy atom. The van der Waals surface area contributed by atoms with Crippen LogP contribution in [0.2, 0.25) is 0 Å². The minimum Gasteiger partial charge on any atom is -0.461 e. The van der Waals surface area contributed by atoms with Gasteiger partial charge < -0.3 is 10.5 Å². The minimum absolute atomic E-state index is 0. The van der Waals surface area contributed by atoms with E-state index in [0.717, 1.165) is 12.8 Å². The number of rotatable bonds is 2. The maximum absolute atomic E-state index is 11.1. The average molecular weight is 194 g/mol. The third kappa shape index (κ3) is 2.99. The zero-order chi connectivity index (χ0) is 8.48. The standard InChI is InChI=1S/C8H15NO2.ClH/c1-8(2,9)7(10)11-6-4-3-5-6;/h6H,3-5,9H2,1-2H3;1H. The second-order valence-electron chi connectivity index (χ2n) is 3.68. The monoisotopic (exact) mass is 193 g/mol. The normalized spacial score (nSPS) is 17.6. The van der Waals surface area contributed by atoms with Gasteiger partial charge in [0.1, 0.15) is 11.6 Å². The molecule has 0 spiro atoms. The molecule has 0 unspecified atom stereocenters. The summed E-state index contributed by atoms with van der Waals surface area (Å²) in [5.74, 6) is -0.290. The van der Waals surface area contributed by atoms with Gasteiger partial charge in [-0.05, 0) is 33.1 Å². The van der Waals surface area contributed by atoms with Crippen LogP contribution in [0.25, 0.3) is 0 Å². The second kappa shape index (κ2) is 4.10. The molecule has 12 heavy (non-hydrogen) atoms. The van der Waals surface area contributed by atoms with Crippen LogP contribution in [0.4, 0.5) is 0 Å². The lowest BCUT2D eigenvalue weighted by Gasteiger charge is -2.28. The Kier molecular flexibility index (Phi) is 4.00. The zero-order valence-corrected chi connectivity index (χ0v) is 8.32. The summed E-state index contributed by atoms with van der Waals surface area (Å²) in [7, 11) is 0. The maximum Gasteiger partial charge on any atom is 0.325 e. The average Bonchev–Trinajstić information content (AvgIpc) is 1.75. The summed E-state index contributed by atoms with van der Waals surface area (Å²) in [6.45, 7) is 3.32. The van der Waals surface area contributed by atoms with Crippen molar-refractivity contribution in [1.29, 1.82) is 0 Å². The van der Waals surface area contributed by atoms with Crippen molar-refractivity contribution in [3.8, 4) is 0 Å². The minimum atomic E-state index is -0.838. The summed E-state index contributed by atoms with van der Waals surface area (Å²) in [6, 6.07) is 0. The Morgan fingerprint density at radius 3 is 2.25 bits per heavy atom. The third-order valence-corrected chi connectivity index (χ3v) is 1.85. The maximum atomic E-state index is 11.1. The van der Waals surface area contributed by atoms with Crippen LogP contribution >= 0.6 is 12.4 Å². The molecule has 0 aromatic carbocycles. The molecular weight excluding hydrogens is 178 g/mol. The Labute approximate surface area is 79.1 Å². The van der Waals surface area contributed by atoms with E-state index in [0.29, 0.717) is 0 Å². The molecule has 0 bridgehead atoms. The molecule has 0 atom stereocenters. The Balaban J connectivity index is 0.00000121. The van der Waals surface area contributed by atoms with E-state index in [1.807, 2.05) is 0 Å². The topological polar surface area (TPSA) is 52.3 Å². The highest BCUT2D eigenvalue weighted by atomic mass is 35.5. The van der Waals surface area contributed by atoms with Crippen molar-refractivity contribution in [2.45, 2.75) is 44.8 Å². The van der Waals surface area contributed by atoms with Crippen molar-refractivity contribution < 1.29 is 9.53 Å². The van der Waals surface area contributed by atoms with E-state index in [4.69, 9.17) is 10.5 Å². The summed E-state index contributed by atoms with van der Waals surface area (Å²) in [5.41, 5.74) is 4.69. The Bertz CT molecular complexity index is 161. The predicted octanol–water partition coefficient (Wildman–Crippen LogP) is 1.24. The summed E-state index contributed by atoms with van der Waals surface area (Å²) in [5, 5.41) is 0. The summed E-state index contributed by atoms with van der Waals surface area (Å²) < 4.78 is 5.09. The molecule has 1 aliphatic carbocycles. The van der Waals surface area contributed by atoms with Gasteiger partial charge in [-0.3, -0.25) is 4.79 Å². The third-order valence-electron chi connectivity index (χ3n) is 1.85. The molecule has 0 radical (unpaired) electrons. The van der Waals surface area contributed by atoms with Crippen molar-refractivity contribution in [2.24, 2.45) is 5.73 Å². The van der Waals surface area contributed by atoms with Crippen LogP contribution in [0.5, 0.6) is 0 Å². The van der Waals surface area contributed by atoms with Gasteiger partial charge in [-0.25, -0.2) is 0 Å². The molecule has 1 aliphatic rings. The first kappa shape index (κ1) is 11.7. The molecule has 72 valence electrons. The van der Waals surface area contributed by atoms with E-state index < -0.39 is 5.54 Å². The van der Waals surface area contributed by atoms with Crippen LogP contribution < -0.4 is 5.73 Å². The molecule has 0 aromatic heterocycles. The highest BCUT2D eigenvalue weighted by Crippen LogP contribution is 2.23. The summed E-state index contributed by atoms with van der Waals surface area (Å²) in [4.78, 5) is 11.1. The first-order chi connectivity index (χ1) is 5.00. The number of carbonyl (C=O) groups is 1. The fourth-order valence-electron chi connectivity index (χ4n) is 0.792.